The van der Waals surface area contributed by atoms with Gasteiger partial charge in [-0.1, -0.05) is 0 Å². The van der Waals surface area contributed by atoms with E-state index in [0.717, 1.165) is 38.2 Å². The summed E-state index contributed by atoms with van der Waals surface area (Å²) in [7, 11) is 0. The summed E-state index contributed by atoms with van der Waals surface area (Å²) in [5.74, 6) is -0.0119. The van der Waals surface area contributed by atoms with Gasteiger partial charge in [-0.15, -0.1) is 22.7 Å². The number of amides is 2. The maximum Gasteiger partial charge on any atom is 0.267 e. The average Bonchev–Trinajstić information content (AvgIpc) is 3.23. The van der Waals surface area contributed by atoms with Gasteiger partial charge >= 0.3 is 0 Å². The monoisotopic (exact) mass is 420 g/mol. The molecule has 2 aromatic heterocycles. The van der Waals surface area contributed by atoms with E-state index in [4.69, 9.17) is 4.74 Å². The number of rotatable bonds is 6. The predicted molar refractivity (Wildman–Crippen MR) is 111 cm³/mol. The molecule has 2 atom stereocenters. The molecule has 1 aliphatic heterocycles. The fourth-order valence-electron chi connectivity index (χ4n) is 3.33. The zero-order valence-electron chi connectivity index (χ0n) is 15.9. The number of hydrogen-bond acceptors (Lipinski definition) is 7. The van der Waals surface area contributed by atoms with Gasteiger partial charge in [0.2, 0.25) is 5.91 Å². The quantitative estimate of drug-likeness (QED) is 0.748. The summed E-state index contributed by atoms with van der Waals surface area (Å²) in [6.07, 6.45) is 2.35. The van der Waals surface area contributed by atoms with E-state index < -0.39 is 0 Å². The van der Waals surface area contributed by atoms with Gasteiger partial charge in [-0.3, -0.25) is 19.8 Å². The second kappa shape index (κ2) is 8.28. The molecule has 1 saturated carbocycles. The van der Waals surface area contributed by atoms with Crippen molar-refractivity contribution < 1.29 is 14.3 Å². The minimum Gasteiger partial charge on any atom is -0.373 e. The third-order valence-corrected chi connectivity index (χ3v) is 6.48. The van der Waals surface area contributed by atoms with Crippen LogP contribution >= 0.6 is 22.7 Å². The van der Waals surface area contributed by atoms with Crippen molar-refractivity contribution >= 4 is 44.6 Å². The third kappa shape index (κ3) is 4.96. The Balaban J connectivity index is 1.31. The number of nitrogens with one attached hydrogen (secondary N) is 2. The van der Waals surface area contributed by atoms with Crippen molar-refractivity contribution in [3.05, 3.63) is 28.1 Å². The van der Waals surface area contributed by atoms with E-state index in [9.17, 15) is 9.59 Å². The highest BCUT2D eigenvalue weighted by Gasteiger charge is 2.30. The molecule has 2 N–H and O–H groups in total. The SMILES string of the molecule is C[C@@H]1CN(Cc2csc(NC(=O)c3ccc(NC(=O)C4CC4)s3)n2)C[C@@H](C)O1. The summed E-state index contributed by atoms with van der Waals surface area (Å²) in [4.78, 5) is 31.7. The maximum atomic E-state index is 12.5. The zero-order valence-corrected chi connectivity index (χ0v) is 17.6. The second-order valence-electron chi connectivity index (χ2n) is 7.48. The number of ether oxygens (including phenoxy) is 1. The topological polar surface area (TPSA) is 83.6 Å². The summed E-state index contributed by atoms with van der Waals surface area (Å²) >= 11 is 2.71. The summed E-state index contributed by atoms with van der Waals surface area (Å²) < 4.78 is 5.76. The number of hydrogen-bond donors (Lipinski definition) is 2. The zero-order chi connectivity index (χ0) is 19.7. The largest absolute Gasteiger partial charge is 0.373 e. The van der Waals surface area contributed by atoms with E-state index in [1.807, 2.05) is 5.38 Å². The van der Waals surface area contributed by atoms with Crippen LogP contribution in [-0.4, -0.2) is 47.0 Å². The van der Waals surface area contributed by atoms with Crippen LogP contribution in [0.1, 0.15) is 42.1 Å². The Morgan fingerprint density at radius 2 is 1.96 bits per heavy atom. The Morgan fingerprint density at radius 3 is 2.68 bits per heavy atom. The van der Waals surface area contributed by atoms with Crippen LogP contribution in [0.15, 0.2) is 17.5 Å². The number of aromatic nitrogens is 1. The number of carbonyl (C=O) groups excluding carboxylic acids is 2. The van der Waals surface area contributed by atoms with Crippen molar-refractivity contribution in [3.63, 3.8) is 0 Å². The predicted octanol–water partition coefficient (Wildman–Crippen LogP) is 3.41. The molecular formula is C19H24N4O3S2. The van der Waals surface area contributed by atoms with Gasteiger partial charge in [0.05, 0.1) is 27.8 Å². The number of morpholine rings is 1. The van der Waals surface area contributed by atoms with Crippen molar-refractivity contribution in [2.75, 3.05) is 23.7 Å². The Labute approximate surface area is 172 Å². The van der Waals surface area contributed by atoms with Gasteiger partial charge in [0.25, 0.3) is 5.91 Å². The molecule has 2 aliphatic rings. The minimum absolute atomic E-state index is 0.0464. The Kier molecular flexibility index (Phi) is 5.77. The molecule has 0 spiro atoms. The molecular weight excluding hydrogens is 396 g/mol. The summed E-state index contributed by atoms with van der Waals surface area (Å²) in [5.41, 5.74) is 0.949. The van der Waals surface area contributed by atoms with Gasteiger partial charge in [0.15, 0.2) is 5.13 Å². The van der Waals surface area contributed by atoms with E-state index in [1.165, 1.54) is 22.7 Å². The van der Waals surface area contributed by atoms with Gasteiger partial charge in [-0.2, -0.15) is 0 Å². The van der Waals surface area contributed by atoms with E-state index in [1.54, 1.807) is 12.1 Å². The molecule has 3 heterocycles. The minimum atomic E-state index is -0.202. The highest BCUT2D eigenvalue weighted by Crippen LogP contribution is 2.32. The van der Waals surface area contributed by atoms with Gasteiger partial charge < -0.3 is 10.1 Å². The molecule has 150 valence electrons. The highest BCUT2D eigenvalue weighted by molar-refractivity contribution is 7.18. The average molecular weight is 421 g/mol. The van der Waals surface area contributed by atoms with Crippen LogP contribution in [0.3, 0.4) is 0 Å². The van der Waals surface area contributed by atoms with Crippen molar-refractivity contribution in [3.8, 4) is 0 Å². The van der Waals surface area contributed by atoms with Crippen LogP contribution in [0.4, 0.5) is 10.1 Å². The Morgan fingerprint density at radius 1 is 1.21 bits per heavy atom. The smallest absolute Gasteiger partial charge is 0.267 e. The second-order valence-corrected chi connectivity index (χ2v) is 9.42. The van der Waals surface area contributed by atoms with Crippen LogP contribution in [0.5, 0.6) is 0 Å². The van der Waals surface area contributed by atoms with Gasteiger partial charge in [-0.05, 0) is 38.8 Å². The Bertz CT molecular complexity index is 851. The van der Waals surface area contributed by atoms with Gasteiger partial charge in [-0.25, -0.2) is 4.98 Å². The fraction of sp³-hybridized carbons (Fsp3) is 0.526. The van der Waals surface area contributed by atoms with E-state index >= 15 is 0 Å². The third-order valence-electron chi connectivity index (χ3n) is 4.68. The first-order valence-electron chi connectivity index (χ1n) is 9.50. The van der Waals surface area contributed by atoms with Crippen LogP contribution < -0.4 is 10.6 Å². The fourth-order valence-corrected chi connectivity index (χ4v) is 4.84. The van der Waals surface area contributed by atoms with Crippen LogP contribution in [-0.2, 0) is 16.1 Å². The molecule has 2 amide bonds. The first-order valence-corrected chi connectivity index (χ1v) is 11.2. The number of thiazole rings is 1. The first kappa shape index (κ1) is 19.5. The maximum absolute atomic E-state index is 12.5. The number of nitrogens with zero attached hydrogens (tertiary/aromatic N) is 2. The van der Waals surface area contributed by atoms with Crippen molar-refractivity contribution in [2.45, 2.75) is 45.4 Å². The molecule has 7 nitrogen and oxygen atoms in total. The molecule has 28 heavy (non-hydrogen) atoms. The van der Waals surface area contributed by atoms with E-state index in [0.29, 0.717) is 15.0 Å². The lowest BCUT2D eigenvalue weighted by Crippen LogP contribution is -2.44. The van der Waals surface area contributed by atoms with Crippen molar-refractivity contribution in [1.29, 1.82) is 0 Å². The number of anilines is 2. The van der Waals surface area contributed by atoms with Crippen LogP contribution in [0.25, 0.3) is 0 Å². The summed E-state index contributed by atoms with van der Waals surface area (Å²) in [5, 5.41) is 9.01. The lowest BCUT2D eigenvalue weighted by atomic mass is 10.2. The molecule has 0 radical (unpaired) electrons. The molecule has 1 aliphatic carbocycles. The molecule has 2 fully saturated rings. The number of carbonyl (C=O) groups is 2. The lowest BCUT2D eigenvalue weighted by Gasteiger charge is -2.34. The summed E-state index contributed by atoms with van der Waals surface area (Å²) in [6, 6.07) is 3.50. The molecule has 0 unspecified atom stereocenters. The van der Waals surface area contributed by atoms with E-state index in [-0.39, 0.29) is 29.9 Å². The van der Waals surface area contributed by atoms with Gasteiger partial charge in [0, 0.05) is 30.9 Å². The summed E-state index contributed by atoms with van der Waals surface area (Å²) in [6.45, 7) is 6.68. The lowest BCUT2D eigenvalue weighted by molar-refractivity contribution is -0.117. The molecule has 2 aromatic rings. The van der Waals surface area contributed by atoms with E-state index in [2.05, 4.69) is 34.4 Å². The van der Waals surface area contributed by atoms with Crippen molar-refractivity contribution in [2.24, 2.45) is 5.92 Å². The van der Waals surface area contributed by atoms with Crippen molar-refractivity contribution in [1.82, 2.24) is 9.88 Å². The van der Waals surface area contributed by atoms with Crippen LogP contribution in [0.2, 0.25) is 0 Å². The first-order chi connectivity index (χ1) is 13.5. The molecule has 1 saturated heterocycles. The van der Waals surface area contributed by atoms with Gasteiger partial charge in [0.1, 0.15) is 0 Å². The van der Waals surface area contributed by atoms with Crippen LogP contribution in [0, 0.1) is 5.92 Å². The molecule has 9 heteroatoms. The molecule has 0 aromatic carbocycles. The Hall–Kier alpha value is -1.81. The molecule has 0 bridgehead atoms. The standard InChI is InChI=1S/C19H24N4O3S2/c1-11-7-23(8-12(2)26-11)9-14-10-27-19(20-14)22-18(25)15-5-6-16(28-15)21-17(24)13-3-4-13/h5-6,10-13H,3-4,7-9H2,1-2H3,(H,21,24)(H,20,22,25)/t11-,12-/m1/s1. The molecule has 4 rings (SSSR count). The number of thiophene rings is 1. The highest BCUT2D eigenvalue weighted by atomic mass is 32.1. The normalized spacial score (nSPS) is 22.8.